The van der Waals surface area contributed by atoms with E-state index in [-0.39, 0.29) is 50.7 Å². The summed E-state index contributed by atoms with van der Waals surface area (Å²) in [5, 5.41) is 14.5. The van der Waals surface area contributed by atoms with Crippen LogP contribution in [0.3, 0.4) is 0 Å². The van der Waals surface area contributed by atoms with E-state index in [4.69, 9.17) is 91.4 Å². The second-order valence-electron chi connectivity index (χ2n) is 17.8. The number of benzene rings is 1. The summed E-state index contributed by atoms with van der Waals surface area (Å²) in [5.41, 5.74) is 5.21. The van der Waals surface area contributed by atoms with E-state index in [1.165, 1.54) is 0 Å². The Morgan fingerprint density at radius 1 is 0.513 bits per heavy atom. The highest BCUT2D eigenvalue weighted by Crippen LogP contribution is 2.19. The van der Waals surface area contributed by atoms with Crippen LogP contribution in [0.15, 0.2) is 24.3 Å². The number of aliphatic carboxylic acids is 1. The third kappa shape index (κ3) is 46.8. The Hall–Kier alpha value is -3.25. The number of nitrogens with two attached hydrogens (primary N) is 1. The van der Waals surface area contributed by atoms with Gasteiger partial charge < -0.3 is 102 Å². The molecule has 0 spiro atoms. The topological polar surface area (TPSA) is 278 Å². The number of carbonyl (C=O) groups excluding carboxylic acids is 2. The van der Waals surface area contributed by atoms with Crippen molar-refractivity contribution in [3.8, 4) is 5.75 Å². The lowest BCUT2D eigenvalue weighted by Gasteiger charge is -2.32. The second-order valence-corrected chi connectivity index (χ2v) is 17.8. The standard InChI is InChI=1S/C52H95N3O21/c1-51(2,11-15-62-21-25-67-31-34-71-37-36-70-29-28-65-19-18-60-5)76-44-52(3,4)75-41-40-73-39-38-72-35-33-69-27-23-64-17-13-54-50(59)47(42-45-6-8-46(9-7-45)74-43-49(57)58)55-48(56)10-14-61-20-24-66-30-32-68-26-22-63-16-12-53/h6-9,47H,10-44,53H2,1-5H3,(H,54,59)(H,55,56)(H,57,58). The SMILES string of the molecule is COCCOCCOCCOCCOCCOCCC(C)(C)OCC(C)(C)OCCOCCOCCOCCOCCNC(=O)C(Cc1ccc(OCC(=O)O)cc1)NC(=O)CCOCCOCCOCCOCCN. The highest BCUT2D eigenvalue weighted by Gasteiger charge is 2.26. The Morgan fingerprint density at radius 3 is 1.37 bits per heavy atom. The number of hydrogen-bond donors (Lipinski definition) is 4. The summed E-state index contributed by atoms with van der Waals surface area (Å²) in [6, 6.07) is 5.73. The zero-order valence-corrected chi connectivity index (χ0v) is 46.3. The van der Waals surface area contributed by atoms with Gasteiger partial charge in [0.2, 0.25) is 11.8 Å². The minimum Gasteiger partial charge on any atom is -0.482 e. The Balaban J connectivity index is 2.12. The van der Waals surface area contributed by atoms with E-state index in [2.05, 4.69) is 10.6 Å². The molecule has 1 aromatic carbocycles. The first-order valence-corrected chi connectivity index (χ1v) is 26.4. The van der Waals surface area contributed by atoms with E-state index >= 15 is 0 Å². The zero-order chi connectivity index (χ0) is 55.5. The molecular weight excluding hydrogens is 1000 g/mol. The molecule has 0 radical (unpaired) electrons. The average molecular weight is 1100 g/mol. The van der Waals surface area contributed by atoms with Crippen molar-refractivity contribution < 1.29 is 100 Å². The van der Waals surface area contributed by atoms with Crippen molar-refractivity contribution in [2.75, 3.05) is 218 Å². The fraction of sp³-hybridized carbons (Fsp3) is 0.827. The zero-order valence-electron chi connectivity index (χ0n) is 46.3. The fourth-order valence-electron chi connectivity index (χ4n) is 6.02. The number of amides is 2. The molecule has 0 aliphatic rings. The highest BCUT2D eigenvalue weighted by atomic mass is 16.6. The molecule has 0 aliphatic carbocycles. The molecule has 0 saturated heterocycles. The molecule has 0 saturated carbocycles. The largest absolute Gasteiger partial charge is 0.482 e. The molecule has 1 atom stereocenters. The van der Waals surface area contributed by atoms with Gasteiger partial charge in [-0.05, 0) is 51.8 Å². The van der Waals surface area contributed by atoms with Crippen LogP contribution < -0.4 is 21.1 Å². The van der Waals surface area contributed by atoms with Crippen LogP contribution in [-0.4, -0.2) is 259 Å². The Bertz CT molecular complexity index is 1500. The van der Waals surface area contributed by atoms with Gasteiger partial charge in [-0.3, -0.25) is 9.59 Å². The molecule has 0 heterocycles. The van der Waals surface area contributed by atoms with Gasteiger partial charge in [0.25, 0.3) is 0 Å². The first-order chi connectivity index (χ1) is 36.9. The maximum absolute atomic E-state index is 13.2. The second kappa shape index (κ2) is 50.0. The Kier molecular flexibility index (Phi) is 46.6. The van der Waals surface area contributed by atoms with Crippen LogP contribution >= 0.6 is 0 Å². The minimum atomic E-state index is -1.10. The van der Waals surface area contributed by atoms with Gasteiger partial charge in [0.05, 0.1) is 196 Å². The number of methoxy groups -OCH3 is 1. The van der Waals surface area contributed by atoms with Gasteiger partial charge in [0.1, 0.15) is 11.8 Å². The number of carbonyl (C=O) groups is 3. The summed E-state index contributed by atoms with van der Waals surface area (Å²) in [4.78, 5) is 36.9. The molecule has 0 fully saturated rings. The van der Waals surface area contributed by atoms with Crippen LogP contribution in [-0.2, 0) is 96.6 Å². The summed E-state index contributed by atoms with van der Waals surface area (Å²) < 4.78 is 94.0. The Morgan fingerprint density at radius 2 is 0.921 bits per heavy atom. The maximum Gasteiger partial charge on any atom is 0.341 e. The predicted octanol–water partition coefficient (Wildman–Crippen LogP) is 1.48. The average Bonchev–Trinajstić information content (AvgIpc) is 3.39. The smallest absolute Gasteiger partial charge is 0.341 e. The lowest BCUT2D eigenvalue weighted by molar-refractivity contribution is -0.139. The van der Waals surface area contributed by atoms with Gasteiger partial charge in [0.15, 0.2) is 6.61 Å². The third-order valence-corrected chi connectivity index (χ3v) is 10.2. The third-order valence-electron chi connectivity index (χ3n) is 10.2. The summed E-state index contributed by atoms with van der Waals surface area (Å²) in [7, 11) is 1.64. The van der Waals surface area contributed by atoms with Crippen LogP contribution in [0, 0.1) is 0 Å². The van der Waals surface area contributed by atoms with E-state index in [1.54, 1.807) is 31.4 Å². The number of rotatable bonds is 58. The van der Waals surface area contributed by atoms with Crippen LogP contribution in [0.25, 0.3) is 0 Å². The minimum absolute atomic E-state index is 0.0343. The van der Waals surface area contributed by atoms with E-state index in [9.17, 15) is 14.4 Å². The normalized spacial score (nSPS) is 12.3. The lowest BCUT2D eigenvalue weighted by Crippen LogP contribution is -2.48. The van der Waals surface area contributed by atoms with Crippen molar-refractivity contribution >= 4 is 17.8 Å². The monoisotopic (exact) mass is 1100 g/mol. The van der Waals surface area contributed by atoms with E-state index in [0.29, 0.717) is 184 Å². The molecule has 5 N–H and O–H groups in total. The first-order valence-electron chi connectivity index (χ1n) is 26.4. The maximum atomic E-state index is 13.2. The Labute approximate surface area is 451 Å². The van der Waals surface area contributed by atoms with Crippen molar-refractivity contribution in [2.24, 2.45) is 5.73 Å². The molecule has 1 rings (SSSR count). The van der Waals surface area contributed by atoms with Crippen LogP contribution in [0.1, 0.15) is 46.1 Å². The number of hydrogen-bond acceptors (Lipinski definition) is 21. The van der Waals surface area contributed by atoms with Crippen molar-refractivity contribution in [2.45, 2.75) is 64.2 Å². The van der Waals surface area contributed by atoms with E-state index in [0.717, 1.165) is 12.0 Å². The van der Waals surface area contributed by atoms with Crippen LogP contribution in [0.4, 0.5) is 0 Å². The quantitative estimate of drug-likeness (QED) is 0.0673. The van der Waals surface area contributed by atoms with Gasteiger partial charge in [-0.2, -0.15) is 0 Å². The summed E-state index contributed by atoms with van der Waals surface area (Å²) in [5.74, 6) is -1.49. The van der Waals surface area contributed by atoms with Crippen molar-refractivity contribution in [1.82, 2.24) is 10.6 Å². The number of nitrogens with one attached hydrogen (secondary N) is 2. The van der Waals surface area contributed by atoms with Crippen LogP contribution in [0.2, 0.25) is 0 Å². The molecule has 0 bridgehead atoms. The summed E-state index contributed by atoms with van der Waals surface area (Å²) >= 11 is 0. The number of carboxylic acid groups (broad SMARTS) is 1. The molecule has 76 heavy (non-hydrogen) atoms. The van der Waals surface area contributed by atoms with Crippen LogP contribution in [0.5, 0.6) is 5.75 Å². The van der Waals surface area contributed by atoms with Gasteiger partial charge >= 0.3 is 5.97 Å². The van der Waals surface area contributed by atoms with Crippen molar-refractivity contribution in [1.29, 1.82) is 0 Å². The van der Waals surface area contributed by atoms with Gasteiger partial charge in [-0.15, -0.1) is 0 Å². The molecular formula is C52H95N3O21. The predicted molar refractivity (Wildman–Crippen MR) is 279 cm³/mol. The summed E-state index contributed by atoms with van der Waals surface area (Å²) in [6.07, 6.45) is 0.935. The molecule has 24 heteroatoms. The van der Waals surface area contributed by atoms with Crippen molar-refractivity contribution in [3.63, 3.8) is 0 Å². The fourth-order valence-corrected chi connectivity index (χ4v) is 6.02. The molecule has 1 aromatic rings. The molecule has 444 valence electrons. The number of carboxylic acids is 1. The highest BCUT2D eigenvalue weighted by molar-refractivity contribution is 5.87. The molecule has 2 amide bonds. The van der Waals surface area contributed by atoms with Gasteiger partial charge in [-0.1, -0.05) is 12.1 Å². The molecule has 1 unspecified atom stereocenters. The summed E-state index contributed by atoms with van der Waals surface area (Å²) in [6.45, 7) is 20.7. The van der Waals surface area contributed by atoms with Gasteiger partial charge in [-0.25, -0.2) is 4.79 Å². The number of ether oxygens (including phenoxy) is 17. The van der Waals surface area contributed by atoms with E-state index < -0.39 is 30.1 Å². The van der Waals surface area contributed by atoms with Gasteiger partial charge in [0, 0.05) is 39.6 Å². The first kappa shape index (κ1) is 70.8. The lowest BCUT2D eigenvalue weighted by atomic mass is 10.0. The molecule has 0 aliphatic heterocycles. The van der Waals surface area contributed by atoms with Crippen molar-refractivity contribution in [3.05, 3.63) is 29.8 Å². The molecule has 24 nitrogen and oxygen atoms in total. The van der Waals surface area contributed by atoms with E-state index in [1.807, 2.05) is 27.7 Å². The molecule has 0 aromatic heterocycles.